The number of allylic oxidation sites excluding steroid dienone is 1. The summed E-state index contributed by atoms with van der Waals surface area (Å²) >= 11 is 1.26. The molecule has 3 aromatic heterocycles. The molecule has 0 aliphatic carbocycles. The zero-order chi connectivity index (χ0) is 24.5. The Morgan fingerprint density at radius 2 is 2.06 bits per heavy atom. The number of benzene rings is 1. The van der Waals surface area contributed by atoms with Crippen LogP contribution >= 0.6 is 11.8 Å². The van der Waals surface area contributed by atoms with Crippen molar-refractivity contribution in [2.24, 2.45) is 5.10 Å². The number of hydrazone groups is 1. The molecule has 0 unspecified atom stereocenters. The molecule has 0 saturated carbocycles. The van der Waals surface area contributed by atoms with Gasteiger partial charge in [0.15, 0.2) is 11.0 Å². The summed E-state index contributed by atoms with van der Waals surface area (Å²) in [7, 11) is 0. The Bertz CT molecular complexity index is 1300. The van der Waals surface area contributed by atoms with E-state index in [0.29, 0.717) is 23.3 Å². The predicted octanol–water partition coefficient (Wildman–Crippen LogP) is 4.62. The Balaban J connectivity index is 1.47. The molecule has 0 bridgehead atoms. The van der Waals surface area contributed by atoms with Gasteiger partial charge in [0.1, 0.15) is 11.5 Å². The number of furan rings is 1. The molecule has 4 aromatic rings. The first-order valence-electron chi connectivity index (χ1n) is 10.9. The quantitative estimate of drug-likeness (QED) is 0.197. The molecule has 178 valence electrons. The van der Waals surface area contributed by atoms with E-state index < -0.39 is 0 Å². The summed E-state index contributed by atoms with van der Waals surface area (Å²) in [5.74, 6) is 1.97. The van der Waals surface area contributed by atoms with Gasteiger partial charge in [-0.25, -0.2) is 5.43 Å². The lowest BCUT2D eigenvalue weighted by Crippen LogP contribution is -2.20. The molecule has 35 heavy (non-hydrogen) atoms. The first-order valence-corrected chi connectivity index (χ1v) is 11.9. The molecule has 10 heteroatoms. The van der Waals surface area contributed by atoms with Crippen molar-refractivity contribution in [3.05, 3.63) is 78.5 Å². The minimum atomic E-state index is -0.263. The summed E-state index contributed by atoms with van der Waals surface area (Å²) in [6.45, 7) is 4.39. The molecule has 0 spiro atoms. The Morgan fingerprint density at radius 1 is 1.20 bits per heavy atom. The van der Waals surface area contributed by atoms with Gasteiger partial charge < -0.3 is 9.15 Å². The third-order valence-electron chi connectivity index (χ3n) is 4.66. The summed E-state index contributed by atoms with van der Waals surface area (Å²) in [5.41, 5.74) is 5.03. The van der Waals surface area contributed by atoms with Gasteiger partial charge in [0.05, 0.1) is 24.8 Å². The fourth-order valence-electron chi connectivity index (χ4n) is 3.14. The molecule has 0 radical (unpaired) electrons. The molecule has 0 fully saturated rings. The minimum Gasteiger partial charge on any atom is -0.494 e. The van der Waals surface area contributed by atoms with Crippen LogP contribution in [0.2, 0.25) is 0 Å². The van der Waals surface area contributed by atoms with E-state index in [1.54, 1.807) is 30.9 Å². The molecule has 9 nitrogen and oxygen atoms in total. The van der Waals surface area contributed by atoms with Gasteiger partial charge in [-0.3, -0.25) is 14.3 Å². The molecule has 1 N–H and O–H groups in total. The SMILES string of the molecule is CCOc1ccc(-n2c(SCC(=O)N/N=C/C(C)=C\c3ccco3)nnc2-c2cccnc2)cc1. The lowest BCUT2D eigenvalue weighted by atomic mass is 10.2. The zero-order valence-corrected chi connectivity index (χ0v) is 20.1. The lowest BCUT2D eigenvalue weighted by molar-refractivity contribution is -0.118. The first kappa shape index (κ1) is 24.0. The number of ether oxygens (including phenoxy) is 1. The van der Waals surface area contributed by atoms with Gasteiger partial charge in [-0.15, -0.1) is 10.2 Å². The number of rotatable bonds is 10. The van der Waals surface area contributed by atoms with E-state index in [-0.39, 0.29) is 11.7 Å². The van der Waals surface area contributed by atoms with Gasteiger partial charge >= 0.3 is 0 Å². The third-order valence-corrected chi connectivity index (χ3v) is 5.59. The number of aromatic nitrogens is 4. The molecular weight excluding hydrogens is 464 g/mol. The Labute approximate surface area is 206 Å². The molecule has 0 atom stereocenters. The summed E-state index contributed by atoms with van der Waals surface area (Å²) in [6, 6.07) is 15.0. The number of amides is 1. The molecule has 0 aliphatic heterocycles. The van der Waals surface area contributed by atoms with Crippen molar-refractivity contribution < 1.29 is 13.9 Å². The van der Waals surface area contributed by atoms with Crippen molar-refractivity contribution in [1.82, 2.24) is 25.2 Å². The van der Waals surface area contributed by atoms with Crippen LogP contribution in [0.1, 0.15) is 19.6 Å². The number of hydrogen-bond donors (Lipinski definition) is 1. The zero-order valence-electron chi connectivity index (χ0n) is 19.3. The Morgan fingerprint density at radius 3 is 2.77 bits per heavy atom. The van der Waals surface area contributed by atoms with Crippen molar-refractivity contribution in [2.45, 2.75) is 19.0 Å². The fourth-order valence-corrected chi connectivity index (χ4v) is 3.88. The average Bonchev–Trinajstić information content (AvgIpc) is 3.54. The molecule has 3 heterocycles. The van der Waals surface area contributed by atoms with Crippen LogP contribution in [0.15, 0.2) is 87.4 Å². The molecule has 0 saturated heterocycles. The second-order valence-electron chi connectivity index (χ2n) is 7.30. The van der Waals surface area contributed by atoms with Gasteiger partial charge in [-0.2, -0.15) is 5.10 Å². The van der Waals surface area contributed by atoms with E-state index in [0.717, 1.165) is 22.6 Å². The smallest absolute Gasteiger partial charge is 0.250 e. The number of carbonyl (C=O) groups excluding carboxylic acids is 1. The highest BCUT2D eigenvalue weighted by atomic mass is 32.2. The van der Waals surface area contributed by atoms with Crippen molar-refractivity contribution in [1.29, 1.82) is 0 Å². The van der Waals surface area contributed by atoms with Crippen LogP contribution in [-0.2, 0) is 4.79 Å². The van der Waals surface area contributed by atoms with E-state index in [2.05, 4.69) is 25.7 Å². The van der Waals surface area contributed by atoms with Crippen LogP contribution < -0.4 is 10.2 Å². The van der Waals surface area contributed by atoms with Crippen molar-refractivity contribution >= 4 is 30.0 Å². The van der Waals surface area contributed by atoms with Gasteiger partial charge in [0.2, 0.25) is 0 Å². The summed E-state index contributed by atoms with van der Waals surface area (Å²) < 4.78 is 12.7. The Hall–Kier alpha value is -4.18. The van der Waals surface area contributed by atoms with E-state index in [4.69, 9.17) is 9.15 Å². The topological polar surface area (TPSA) is 107 Å². The summed E-state index contributed by atoms with van der Waals surface area (Å²) in [4.78, 5) is 16.6. The highest BCUT2D eigenvalue weighted by molar-refractivity contribution is 7.99. The highest BCUT2D eigenvalue weighted by Gasteiger charge is 2.17. The third kappa shape index (κ3) is 6.45. The van der Waals surface area contributed by atoms with Crippen LogP contribution in [0.5, 0.6) is 5.75 Å². The number of nitrogens with one attached hydrogen (secondary N) is 1. The van der Waals surface area contributed by atoms with E-state index in [1.807, 2.05) is 67.0 Å². The molecule has 0 aliphatic rings. The second-order valence-corrected chi connectivity index (χ2v) is 8.24. The summed E-state index contributed by atoms with van der Waals surface area (Å²) in [6.07, 6.45) is 8.41. The highest BCUT2D eigenvalue weighted by Crippen LogP contribution is 2.28. The maximum Gasteiger partial charge on any atom is 0.250 e. The van der Waals surface area contributed by atoms with Crippen LogP contribution in [-0.4, -0.2) is 44.2 Å². The molecule has 1 aromatic carbocycles. The van der Waals surface area contributed by atoms with Crippen LogP contribution in [0, 0.1) is 0 Å². The van der Waals surface area contributed by atoms with Crippen molar-refractivity contribution in [3.63, 3.8) is 0 Å². The molecule has 4 rings (SSSR count). The number of carbonyl (C=O) groups is 1. The average molecular weight is 489 g/mol. The van der Waals surface area contributed by atoms with Gasteiger partial charge in [0.25, 0.3) is 5.91 Å². The van der Waals surface area contributed by atoms with Gasteiger partial charge in [-0.05, 0) is 74.0 Å². The maximum atomic E-state index is 12.4. The number of thioether (sulfide) groups is 1. The molecule has 1 amide bonds. The molecular formula is C25H24N6O3S. The fraction of sp³-hybridized carbons (Fsp3) is 0.160. The van der Waals surface area contributed by atoms with E-state index >= 15 is 0 Å². The monoisotopic (exact) mass is 488 g/mol. The number of hydrogen-bond acceptors (Lipinski definition) is 8. The predicted molar refractivity (Wildman–Crippen MR) is 135 cm³/mol. The van der Waals surface area contributed by atoms with Crippen molar-refractivity contribution in [2.75, 3.05) is 12.4 Å². The maximum absolute atomic E-state index is 12.4. The first-order chi connectivity index (χ1) is 17.1. The largest absolute Gasteiger partial charge is 0.494 e. The van der Waals surface area contributed by atoms with Gasteiger partial charge in [0, 0.05) is 23.6 Å². The van der Waals surface area contributed by atoms with E-state index in [1.165, 1.54) is 11.8 Å². The van der Waals surface area contributed by atoms with Crippen molar-refractivity contribution in [3.8, 4) is 22.8 Å². The van der Waals surface area contributed by atoms with E-state index in [9.17, 15) is 4.79 Å². The normalized spacial score (nSPS) is 11.7. The summed E-state index contributed by atoms with van der Waals surface area (Å²) in [5, 5.41) is 13.3. The van der Waals surface area contributed by atoms with Crippen LogP contribution in [0.4, 0.5) is 0 Å². The standard InChI is InChI=1S/C25H24N6O3S/c1-3-33-21-10-8-20(9-11-21)31-24(19-6-4-12-26-16-19)29-30-25(31)35-17-23(32)28-27-15-18(2)14-22-7-5-13-34-22/h4-16H,3,17H2,1-2H3,(H,28,32)/b18-14-,27-15+. The second kappa shape index (κ2) is 11.8. The minimum absolute atomic E-state index is 0.112. The van der Waals surface area contributed by atoms with Crippen LogP contribution in [0.3, 0.4) is 0 Å². The van der Waals surface area contributed by atoms with Crippen LogP contribution in [0.25, 0.3) is 23.2 Å². The number of nitrogens with zero attached hydrogens (tertiary/aromatic N) is 5. The Kier molecular flexibility index (Phi) is 8.08. The number of pyridine rings is 1. The lowest BCUT2D eigenvalue weighted by Gasteiger charge is -2.11. The van der Waals surface area contributed by atoms with Gasteiger partial charge in [-0.1, -0.05) is 11.8 Å².